The van der Waals surface area contributed by atoms with Crippen LogP contribution in [0.3, 0.4) is 0 Å². The Hall–Kier alpha value is -1.91. The molecule has 2 rings (SSSR count). The molecular formula is C17H26N2O3. The van der Waals surface area contributed by atoms with Gasteiger partial charge in [0.2, 0.25) is 0 Å². The van der Waals surface area contributed by atoms with E-state index in [9.17, 15) is 4.79 Å². The number of carbonyl (C=O) groups excluding carboxylic acids is 1. The average molecular weight is 306 g/mol. The van der Waals surface area contributed by atoms with E-state index in [-0.39, 0.29) is 12.8 Å². The first-order valence-corrected chi connectivity index (χ1v) is 8.07. The molecule has 1 aliphatic rings. The average Bonchev–Trinajstić information content (AvgIpc) is 2.56. The third kappa shape index (κ3) is 4.55. The summed E-state index contributed by atoms with van der Waals surface area (Å²) in [6.45, 7) is 2.65. The SMILES string of the molecule is CCOc1ccccc1OCNC(=O)N(C)C1CCCCC1. The molecule has 1 saturated carbocycles. The predicted molar refractivity (Wildman–Crippen MR) is 86.3 cm³/mol. The number of hydrogen-bond acceptors (Lipinski definition) is 3. The molecule has 1 aliphatic carbocycles. The zero-order valence-corrected chi connectivity index (χ0v) is 13.5. The van der Waals surface area contributed by atoms with E-state index in [0.717, 1.165) is 12.8 Å². The minimum atomic E-state index is -0.0826. The lowest BCUT2D eigenvalue weighted by Crippen LogP contribution is -2.45. The molecule has 0 aliphatic heterocycles. The number of nitrogens with one attached hydrogen (secondary N) is 1. The van der Waals surface area contributed by atoms with Crippen LogP contribution < -0.4 is 14.8 Å². The maximum Gasteiger partial charge on any atom is 0.319 e. The van der Waals surface area contributed by atoms with Gasteiger partial charge in [-0.15, -0.1) is 0 Å². The van der Waals surface area contributed by atoms with E-state index in [1.165, 1.54) is 19.3 Å². The van der Waals surface area contributed by atoms with E-state index in [1.54, 1.807) is 4.90 Å². The second-order valence-corrected chi connectivity index (χ2v) is 5.55. The summed E-state index contributed by atoms with van der Waals surface area (Å²) in [5.74, 6) is 1.34. The van der Waals surface area contributed by atoms with Crippen molar-refractivity contribution in [1.82, 2.24) is 10.2 Å². The van der Waals surface area contributed by atoms with Crippen molar-refractivity contribution in [1.29, 1.82) is 0 Å². The van der Waals surface area contributed by atoms with Crippen molar-refractivity contribution < 1.29 is 14.3 Å². The Morgan fingerprint density at radius 3 is 2.45 bits per heavy atom. The van der Waals surface area contributed by atoms with Crippen molar-refractivity contribution in [3.05, 3.63) is 24.3 Å². The van der Waals surface area contributed by atoms with Crippen LogP contribution in [0.2, 0.25) is 0 Å². The van der Waals surface area contributed by atoms with Gasteiger partial charge in [-0.1, -0.05) is 31.4 Å². The number of para-hydroxylation sites is 2. The summed E-state index contributed by atoms with van der Waals surface area (Å²) < 4.78 is 11.1. The molecule has 22 heavy (non-hydrogen) atoms. The molecule has 122 valence electrons. The maximum atomic E-state index is 12.1. The van der Waals surface area contributed by atoms with Crippen LogP contribution in [-0.4, -0.2) is 37.4 Å². The van der Waals surface area contributed by atoms with Gasteiger partial charge in [-0.3, -0.25) is 0 Å². The molecule has 0 aromatic heterocycles. The largest absolute Gasteiger partial charge is 0.490 e. The molecule has 5 nitrogen and oxygen atoms in total. The lowest BCUT2D eigenvalue weighted by Gasteiger charge is -2.31. The smallest absolute Gasteiger partial charge is 0.319 e. The van der Waals surface area contributed by atoms with Gasteiger partial charge < -0.3 is 19.7 Å². The summed E-state index contributed by atoms with van der Waals surface area (Å²) in [5, 5.41) is 2.81. The Balaban J connectivity index is 1.79. The Bertz CT molecular complexity index is 473. The van der Waals surface area contributed by atoms with Gasteiger partial charge in [-0.05, 0) is 31.9 Å². The molecule has 1 aromatic carbocycles. The van der Waals surface area contributed by atoms with Gasteiger partial charge in [0.1, 0.15) is 0 Å². The van der Waals surface area contributed by atoms with Gasteiger partial charge in [0, 0.05) is 13.1 Å². The first-order chi connectivity index (χ1) is 10.7. The van der Waals surface area contributed by atoms with Crippen molar-refractivity contribution >= 4 is 6.03 Å². The van der Waals surface area contributed by atoms with Crippen LogP contribution in [-0.2, 0) is 0 Å². The number of benzene rings is 1. The third-order valence-corrected chi connectivity index (χ3v) is 4.04. The van der Waals surface area contributed by atoms with E-state index in [1.807, 2.05) is 38.2 Å². The van der Waals surface area contributed by atoms with Crippen molar-refractivity contribution in [2.24, 2.45) is 0 Å². The number of amides is 2. The fourth-order valence-corrected chi connectivity index (χ4v) is 2.78. The maximum absolute atomic E-state index is 12.1. The fourth-order valence-electron chi connectivity index (χ4n) is 2.78. The summed E-state index contributed by atoms with van der Waals surface area (Å²) in [6, 6.07) is 7.74. The molecule has 0 spiro atoms. The molecule has 2 amide bonds. The van der Waals surface area contributed by atoms with Crippen LogP contribution in [0.4, 0.5) is 4.79 Å². The summed E-state index contributed by atoms with van der Waals surface area (Å²) in [4.78, 5) is 13.9. The summed E-state index contributed by atoms with van der Waals surface area (Å²) in [7, 11) is 1.86. The third-order valence-electron chi connectivity index (χ3n) is 4.04. The summed E-state index contributed by atoms with van der Waals surface area (Å²) >= 11 is 0. The molecule has 0 radical (unpaired) electrons. The van der Waals surface area contributed by atoms with Gasteiger partial charge in [-0.2, -0.15) is 0 Å². The first-order valence-electron chi connectivity index (χ1n) is 8.07. The highest BCUT2D eigenvalue weighted by Gasteiger charge is 2.21. The highest BCUT2D eigenvalue weighted by Crippen LogP contribution is 2.26. The standard InChI is InChI=1S/C17H26N2O3/c1-3-21-15-11-7-8-12-16(15)22-13-18-17(20)19(2)14-9-5-4-6-10-14/h7-8,11-12,14H,3-6,9-10,13H2,1-2H3,(H,18,20). The van der Waals surface area contributed by atoms with Crippen LogP contribution in [0.15, 0.2) is 24.3 Å². The molecular weight excluding hydrogens is 280 g/mol. The zero-order chi connectivity index (χ0) is 15.8. The molecule has 1 N–H and O–H groups in total. The minimum Gasteiger partial charge on any atom is -0.490 e. The Morgan fingerprint density at radius 2 is 1.82 bits per heavy atom. The number of urea groups is 1. The second-order valence-electron chi connectivity index (χ2n) is 5.55. The number of hydrogen-bond donors (Lipinski definition) is 1. The van der Waals surface area contributed by atoms with Crippen molar-refractivity contribution in [3.63, 3.8) is 0 Å². The fraction of sp³-hybridized carbons (Fsp3) is 0.588. The van der Waals surface area contributed by atoms with Crippen LogP contribution in [0, 0.1) is 0 Å². The Labute approximate surface area is 132 Å². The van der Waals surface area contributed by atoms with Gasteiger partial charge >= 0.3 is 6.03 Å². The molecule has 0 atom stereocenters. The monoisotopic (exact) mass is 306 g/mol. The van der Waals surface area contributed by atoms with E-state index in [0.29, 0.717) is 24.1 Å². The summed E-state index contributed by atoms with van der Waals surface area (Å²) in [5.41, 5.74) is 0. The van der Waals surface area contributed by atoms with Crippen molar-refractivity contribution in [3.8, 4) is 11.5 Å². The molecule has 5 heteroatoms. The van der Waals surface area contributed by atoms with Gasteiger partial charge in [0.05, 0.1) is 6.61 Å². The molecule has 0 unspecified atom stereocenters. The molecule has 1 aromatic rings. The predicted octanol–water partition coefficient (Wildman–Crippen LogP) is 3.40. The lowest BCUT2D eigenvalue weighted by molar-refractivity contribution is 0.162. The Morgan fingerprint density at radius 1 is 1.18 bits per heavy atom. The number of nitrogens with zero attached hydrogens (tertiary/aromatic N) is 1. The molecule has 0 saturated heterocycles. The Kier molecular flexibility index (Phi) is 6.37. The topological polar surface area (TPSA) is 50.8 Å². The lowest BCUT2D eigenvalue weighted by atomic mass is 9.95. The van der Waals surface area contributed by atoms with Crippen LogP contribution in [0.1, 0.15) is 39.0 Å². The number of carbonyl (C=O) groups is 1. The van der Waals surface area contributed by atoms with Crippen LogP contribution in [0.25, 0.3) is 0 Å². The second kappa shape index (κ2) is 8.51. The van der Waals surface area contributed by atoms with E-state index in [2.05, 4.69) is 5.32 Å². The van der Waals surface area contributed by atoms with E-state index < -0.39 is 0 Å². The van der Waals surface area contributed by atoms with Crippen LogP contribution in [0.5, 0.6) is 11.5 Å². The first kappa shape index (κ1) is 16.5. The zero-order valence-electron chi connectivity index (χ0n) is 13.5. The van der Waals surface area contributed by atoms with Crippen molar-refractivity contribution in [2.45, 2.75) is 45.1 Å². The number of rotatable bonds is 6. The number of ether oxygens (including phenoxy) is 2. The molecule has 1 fully saturated rings. The quantitative estimate of drug-likeness (QED) is 0.820. The van der Waals surface area contributed by atoms with Gasteiger partial charge in [0.15, 0.2) is 18.2 Å². The van der Waals surface area contributed by atoms with E-state index in [4.69, 9.17) is 9.47 Å². The van der Waals surface area contributed by atoms with Crippen LogP contribution >= 0.6 is 0 Å². The van der Waals surface area contributed by atoms with E-state index >= 15 is 0 Å². The molecule has 0 bridgehead atoms. The molecule has 0 heterocycles. The van der Waals surface area contributed by atoms with Crippen molar-refractivity contribution in [2.75, 3.05) is 20.4 Å². The highest BCUT2D eigenvalue weighted by molar-refractivity contribution is 5.74. The summed E-state index contributed by atoms with van der Waals surface area (Å²) in [6.07, 6.45) is 5.89. The van der Waals surface area contributed by atoms with Gasteiger partial charge in [-0.25, -0.2) is 4.79 Å². The minimum absolute atomic E-state index is 0.0826. The highest BCUT2D eigenvalue weighted by atomic mass is 16.5. The van der Waals surface area contributed by atoms with Gasteiger partial charge in [0.25, 0.3) is 0 Å². The normalized spacial score (nSPS) is 15.2.